The van der Waals surface area contributed by atoms with Crippen molar-refractivity contribution in [2.45, 2.75) is 37.4 Å². The first kappa shape index (κ1) is 29.9. The van der Waals surface area contributed by atoms with Gasteiger partial charge in [0.2, 0.25) is 0 Å². The zero-order chi connectivity index (χ0) is 32.5. The third kappa shape index (κ3) is 4.47. The van der Waals surface area contributed by atoms with E-state index in [0.29, 0.717) is 48.9 Å². The normalized spacial score (nSPS) is 22.4. The molecule has 2 aliphatic heterocycles. The molecule has 0 saturated carbocycles. The van der Waals surface area contributed by atoms with Gasteiger partial charge in [0.15, 0.2) is 5.60 Å². The Morgan fingerprint density at radius 2 is 1.70 bits per heavy atom. The van der Waals surface area contributed by atoms with Gasteiger partial charge in [-0.15, -0.1) is 0 Å². The third-order valence-corrected chi connectivity index (χ3v) is 10.3. The van der Waals surface area contributed by atoms with Crippen molar-refractivity contribution in [3.8, 4) is 22.6 Å². The molecule has 1 saturated heterocycles. The second kappa shape index (κ2) is 11.1. The van der Waals surface area contributed by atoms with Crippen molar-refractivity contribution in [2.24, 2.45) is 0 Å². The van der Waals surface area contributed by atoms with Crippen molar-refractivity contribution in [1.82, 2.24) is 0 Å². The highest BCUT2D eigenvalue weighted by Gasteiger charge is 2.46. The number of morpholine rings is 1. The molecule has 0 spiro atoms. The zero-order valence-electron chi connectivity index (χ0n) is 27.0. The van der Waals surface area contributed by atoms with Crippen molar-refractivity contribution < 1.29 is 27.7 Å². The zero-order valence-corrected chi connectivity index (χ0v) is 27.0. The van der Waals surface area contributed by atoms with Crippen LogP contribution in [0, 0.1) is 11.6 Å². The summed E-state index contributed by atoms with van der Waals surface area (Å²) in [5.74, 6) is 0.238. The van der Waals surface area contributed by atoms with Crippen LogP contribution in [0.25, 0.3) is 28.0 Å². The van der Waals surface area contributed by atoms with Crippen LogP contribution in [0.3, 0.4) is 0 Å². The standard InChI is InChI=1S/C40H37F2NO4/c1-39(2)36-31(20-26(41)21-32(36)42)35-29-22-33(43-16-18-46-19-17-43)34(45-4)23-30(29)38-28(37(35)39)14-15-40(47-38,24-8-6-5-7-9-24)25-10-12-27(44-3)13-11-25/h5-12,14-15,20-23,27H,13,16-19H2,1-4H3. The highest BCUT2D eigenvalue weighted by atomic mass is 19.1. The van der Waals surface area contributed by atoms with Gasteiger partial charge >= 0.3 is 0 Å². The molecule has 4 aliphatic rings. The van der Waals surface area contributed by atoms with Gasteiger partial charge in [-0.05, 0) is 58.3 Å². The van der Waals surface area contributed by atoms with Gasteiger partial charge in [-0.3, -0.25) is 0 Å². The van der Waals surface area contributed by atoms with Crippen LogP contribution in [-0.2, 0) is 20.5 Å². The van der Waals surface area contributed by atoms with Crippen LogP contribution in [0.5, 0.6) is 11.5 Å². The number of hydrogen-bond acceptors (Lipinski definition) is 5. The molecule has 0 bridgehead atoms. The van der Waals surface area contributed by atoms with Crippen LogP contribution < -0.4 is 14.4 Å². The van der Waals surface area contributed by atoms with Crippen LogP contribution in [0.1, 0.15) is 42.5 Å². The second-order valence-corrected chi connectivity index (χ2v) is 13.2. The van der Waals surface area contributed by atoms with Gasteiger partial charge in [-0.2, -0.15) is 0 Å². The Kier molecular flexibility index (Phi) is 7.04. The summed E-state index contributed by atoms with van der Waals surface area (Å²) in [4.78, 5) is 2.25. The number of fused-ring (bicyclic) bond motifs is 8. The summed E-state index contributed by atoms with van der Waals surface area (Å²) in [5, 5.41) is 1.68. The predicted octanol–water partition coefficient (Wildman–Crippen LogP) is 8.47. The van der Waals surface area contributed by atoms with E-state index in [-0.39, 0.29) is 6.10 Å². The number of rotatable bonds is 5. The van der Waals surface area contributed by atoms with Crippen LogP contribution in [-0.4, -0.2) is 46.6 Å². The highest BCUT2D eigenvalue weighted by molar-refractivity contribution is 6.10. The van der Waals surface area contributed by atoms with Gasteiger partial charge in [-0.1, -0.05) is 68.5 Å². The van der Waals surface area contributed by atoms with E-state index in [4.69, 9.17) is 18.9 Å². The summed E-state index contributed by atoms with van der Waals surface area (Å²) in [6, 6.07) is 16.8. The fraction of sp³-hybridized carbons (Fsp3) is 0.300. The number of nitrogens with zero attached hydrogens (tertiary/aromatic N) is 1. The maximum absolute atomic E-state index is 15.8. The molecule has 4 aromatic rings. The van der Waals surface area contributed by atoms with E-state index < -0.39 is 22.7 Å². The Balaban J connectivity index is 1.45. The molecule has 2 unspecified atom stereocenters. The molecule has 4 aromatic carbocycles. The molecule has 7 heteroatoms. The molecule has 2 heterocycles. The van der Waals surface area contributed by atoms with Crippen molar-refractivity contribution >= 4 is 22.5 Å². The lowest BCUT2D eigenvalue weighted by atomic mass is 9.76. The van der Waals surface area contributed by atoms with E-state index in [2.05, 4.69) is 53.5 Å². The van der Waals surface area contributed by atoms with Gasteiger partial charge in [0.25, 0.3) is 0 Å². The summed E-state index contributed by atoms with van der Waals surface area (Å²) in [6.45, 7) is 6.66. The quantitative estimate of drug-likeness (QED) is 0.221. The van der Waals surface area contributed by atoms with Gasteiger partial charge in [0, 0.05) is 53.8 Å². The molecule has 0 amide bonds. The van der Waals surface area contributed by atoms with Crippen molar-refractivity contribution in [3.05, 3.63) is 118 Å². The SMILES string of the molecule is COc1cc2c3c(c4c(c2cc1N1CCOCC1)-c1cc(F)cc(F)c1C4(C)C)C=CC(C1=CCC(OC)C=C1)(c1ccccc1)O3. The summed E-state index contributed by atoms with van der Waals surface area (Å²) < 4.78 is 55.5. The van der Waals surface area contributed by atoms with E-state index >= 15 is 8.78 Å². The molecule has 2 atom stereocenters. The molecule has 0 N–H and O–H groups in total. The summed E-state index contributed by atoms with van der Waals surface area (Å²) in [7, 11) is 3.39. The third-order valence-electron chi connectivity index (χ3n) is 10.3. The molecule has 8 rings (SSSR count). The minimum Gasteiger partial charge on any atom is -0.495 e. The van der Waals surface area contributed by atoms with Gasteiger partial charge < -0.3 is 23.8 Å². The maximum Gasteiger partial charge on any atom is 0.177 e. The first-order valence-electron chi connectivity index (χ1n) is 16.2. The fourth-order valence-corrected chi connectivity index (χ4v) is 8.04. The molecule has 2 aliphatic carbocycles. The number of anilines is 1. The first-order chi connectivity index (χ1) is 22.8. The van der Waals surface area contributed by atoms with Gasteiger partial charge in [0.1, 0.15) is 23.1 Å². The Morgan fingerprint density at radius 3 is 2.40 bits per heavy atom. The number of halogens is 2. The number of hydrogen-bond donors (Lipinski definition) is 0. The summed E-state index contributed by atoms with van der Waals surface area (Å²) >= 11 is 0. The molecular weight excluding hydrogens is 596 g/mol. The van der Waals surface area contributed by atoms with Crippen LogP contribution in [0.2, 0.25) is 0 Å². The van der Waals surface area contributed by atoms with Gasteiger partial charge in [-0.25, -0.2) is 8.78 Å². The Hall–Kier alpha value is -4.46. The van der Waals surface area contributed by atoms with Gasteiger partial charge in [0.05, 0.1) is 32.1 Å². The Morgan fingerprint density at radius 1 is 0.915 bits per heavy atom. The van der Waals surface area contributed by atoms with E-state index in [1.165, 1.54) is 6.07 Å². The van der Waals surface area contributed by atoms with Crippen LogP contribution in [0.4, 0.5) is 14.5 Å². The maximum atomic E-state index is 15.8. The van der Waals surface area contributed by atoms with Crippen molar-refractivity contribution in [2.75, 3.05) is 45.4 Å². The molecule has 47 heavy (non-hydrogen) atoms. The lowest BCUT2D eigenvalue weighted by Gasteiger charge is -2.40. The van der Waals surface area contributed by atoms with Crippen molar-refractivity contribution in [3.63, 3.8) is 0 Å². The molecule has 240 valence electrons. The fourth-order valence-electron chi connectivity index (χ4n) is 8.04. The van der Waals surface area contributed by atoms with Crippen molar-refractivity contribution in [1.29, 1.82) is 0 Å². The molecule has 0 aromatic heterocycles. The van der Waals surface area contributed by atoms with E-state index in [1.807, 2.05) is 38.1 Å². The largest absolute Gasteiger partial charge is 0.495 e. The minimum absolute atomic E-state index is 0.00649. The number of benzene rings is 4. The average molecular weight is 634 g/mol. The Bertz CT molecular complexity index is 2010. The number of methoxy groups -OCH3 is 2. The Labute approximate surface area is 273 Å². The summed E-state index contributed by atoms with van der Waals surface area (Å²) in [5.41, 5.74) is 4.86. The summed E-state index contributed by atoms with van der Waals surface area (Å²) in [6.07, 6.45) is 11.3. The molecule has 1 fully saturated rings. The van der Waals surface area contributed by atoms with E-state index in [1.54, 1.807) is 14.2 Å². The minimum atomic E-state index is -0.937. The smallest absolute Gasteiger partial charge is 0.177 e. The van der Waals surface area contributed by atoms with Crippen LogP contribution in [0.15, 0.2) is 84.5 Å². The number of ether oxygens (including phenoxy) is 4. The average Bonchev–Trinajstić information content (AvgIpc) is 3.34. The predicted molar refractivity (Wildman–Crippen MR) is 181 cm³/mol. The molecule has 0 radical (unpaired) electrons. The van der Waals surface area contributed by atoms with E-state index in [9.17, 15) is 0 Å². The lowest BCUT2D eigenvalue weighted by Crippen LogP contribution is -2.37. The topological polar surface area (TPSA) is 40.2 Å². The van der Waals surface area contributed by atoms with Crippen LogP contribution >= 0.6 is 0 Å². The monoisotopic (exact) mass is 633 g/mol. The lowest BCUT2D eigenvalue weighted by molar-refractivity contribution is 0.122. The van der Waals surface area contributed by atoms with E-state index in [0.717, 1.165) is 56.8 Å². The first-order valence-corrected chi connectivity index (χ1v) is 16.2. The highest BCUT2D eigenvalue weighted by Crippen LogP contribution is 2.60. The second-order valence-electron chi connectivity index (χ2n) is 13.2. The molecular formula is C40H37F2NO4. The molecule has 5 nitrogen and oxygen atoms in total.